The van der Waals surface area contributed by atoms with Crippen LogP contribution in [0.3, 0.4) is 0 Å². The van der Waals surface area contributed by atoms with E-state index in [2.05, 4.69) is 0 Å². The average Bonchev–Trinajstić information content (AvgIpc) is 2.71. The van der Waals surface area contributed by atoms with Gasteiger partial charge in [0, 0.05) is 0 Å². The number of rotatable bonds is 5. The number of ether oxygens (including phenoxy) is 3. The second-order valence-electron chi connectivity index (χ2n) is 6.11. The van der Waals surface area contributed by atoms with Gasteiger partial charge in [-0.1, -0.05) is 0 Å². The van der Waals surface area contributed by atoms with E-state index in [0.29, 0.717) is 13.2 Å². The molecule has 0 saturated carbocycles. The van der Waals surface area contributed by atoms with Gasteiger partial charge in [-0.3, -0.25) is 0 Å². The molecule has 1 aliphatic heterocycles. The Morgan fingerprint density at radius 1 is 0.828 bits per heavy atom. The first kappa shape index (κ1) is 21.1. The van der Waals surface area contributed by atoms with Crippen molar-refractivity contribution in [1.29, 1.82) is 0 Å². The molecule has 0 aromatic heterocycles. The molecule has 0 radical (unpaired) electrons. The molecule has 6 nitrogen and oxygen atoms in total. The second kappa shape index (κ2) is 9.74. The van der Waals surface area contributed by atoms with Gasteiger partial charge >= 0.3 is 173 Å². The molecule has 0 N–H and O–H groups in total. The van der Waals surface area contributed by atoms with Crippen LogP contribution in [-0.2, 0) is 41.8 Å². The van der Waals surface area contributed by atoms with E-state index in [0.717, 1.165) is 20.1 Å². The molecule has 2 aromatic rings. The van der Waals surface area contributed by atoms with E-state index in [4.69, 9.17) is 14.2 Å². The third-order valence-electron chi connectivity index (χ3n) is 4.23. The van der Waals surface area contributed by atoms with Crippen molar-refractivity contribution in [3.05, 3.63) is 59.7 Å². The number of carbonyl (C=O) groups excluding carboxylic acids is 3. The maximum absolute atomic E-state index is 13.1. The predicted molar refractivity (Wildman–Crippen MR) is 110 cm³/mol. The van der Waals surface area contributed by atoms with Crippen molar-refractivity contribution in [2.45, 2.75) is 27.1 Å². The van der Waals surface area contributed by atoms with Gasteiger partial charge in [-0.25, -0.2) is 0 Å². The van der Waals surface area contributed by atoms with Crippen molar-refractivity contribution in [1.82, 2.24) is 0 Å². The first-order chi connectivity index (χ1) is 14.1. The Hall–Kier alpha value is -2.60. The van der Waals surface area contributed by atoms with Crippen LogP contribution in [-0.4, -0.2) is 48.8 Å². The van der Waals surface area contributed by atoms with Crippen molar-refractivity contribution in [2.75, 3.05) is 13.2 Å². The third-order valence-corrected chi connectivity index (χ3v) is 9.34. The zero-order valence-electron chi connectivity index (χ0n) is 16.3. The molecule has 0 atom stereocenters. The molecule has 0 bridgehead atoms. The zero-order chi connectivity index (χ0) is 20.8. The fourth-order valence-corrected chi connectivity index (χ4v) is 8.00. The topological polar surface area (TPSA) is 78.9 Å². The number of hydrogen-bond donors (Lipinski definition) is 0. The Morgan fingerprint density at radius 2 is 1.31 bits per heavy atom. The van der Waals surface area contributed by atoms with Crippen LogP contribution >= 0.6 is 0 Å². The number of benzene rings is 2. The van der Waals surface area contributed by atoms with Gasteiger partial charge < -0.3 is 0 Å². The summed E-state index contributed by atoms with van der Waals surface area (Å²) in [6.07, 6.45) is 0. The molecule has 1 heterocycles. The number of fused-ring (bicyclic) bond motifs is 2. The third kappa shape index (κ3) is 4.53. The molecule has 0 saturated heterocycles. The normalized spacial score (nSPS) is 13.3. The van der Waals surface area contributed by atoms with Crippen molar-refractivity contribution < 1.29 is 28.6 Å². The molecule has 3 rings (SSSR count). The van der Waals surface area contributed by atoms with Gasteiger partial charge in [0.05, 0.1) is 0 Å². The molecule has 0 fully saturated rings. The minimum atomic E-state index is -2.44. The van der Waals surface area contributed by atoms with E-state index >= 15 is 0 Å². The van der Waals surface area contributed by atoms with E-state index in [1.165, 1.54) is 0 Å². The van der Waals surface area contributed by atoms with Gasteiger partial charge in [0.1, 0.15) is 0 Å². The first-order valence-corrected chi connectivity index (χ1v) is 11.9. The number of hydrogen-bond acceptors (Lipinski definition) is 6. The van der Waals surface area contributed by atoms with E-state index in [-0.39, 0.29) is 17.6 Å². The Morgan fingerprint density at radius 3 is 1.83 bits per heavy atom. The van der Waals surface area contributed by atoms with Crippen LogP contribution in [0.5, 0.6) is 0 Å². The molecule has 0 aliphatic carbocycles. The molecular formula is C22H22O6Se. The molecule has 29 heavy (non-hydrogen) atoms. The summed E-state index contributed by atoms with van der Waals surface area (Å²) in [4.78, 5) is 38.3. The quantitative estimate of drug-likeness (QED) is 0.284. The Balaban J connectivity index is 2.37. The molecule has 7 heteroatoms. The van der Waals surface area contributed by atoms with E-state index < -0.39 is 31.2 Å². The molecule has 0 amide bonds. The minimum absolute atomic E-state index is 0.0480. The number of Topliss-reactive ketones (excluding diaryl/α,β-unsaturated/α-hetero) is 1. The van der Waals surface area contributed by atoms with Crippen LogP contribution in [0.25, 0.3) is 0 Å². The van der Waals surface area contributed by atoms with Crippen LogP contribution in [0.1, 0.15) is 25.0 Å². The Kier molecular flexibility index (Phi) is 7.09. The maximum atomic E-state index is 13.1. The SMILES string of the molecule is CCOC(=O)C(=O)C(C(=O)OCC)=[Se]1c2ccccc2COCc2ccccc21. The van der Waals surface area contributed by atoms with E-state index in [1.54, 1.807) is 13.8 Å². The summed E-state index contributed by atoms with van der Waals surface area (Å²) in [7, 11) is 0. The van der Waals surface area contributed by atoms with Gasteiger partial charge in [-0.2, -0.15) is 0 Å². The van der Waals surface area contributed by atoms with E-state index in [9.17, 15) is 14.4 Å². The summed E-state index contributed by atoms with van der Waals surface area (Å²) in [5.74, 6) is -2.73. The molecular weight excluding hydrogens is 439 g/mol. The molecule has 0 spiro atoms. The molecule has 2 aromatic carbocycles. The van der Waals surface area contributed by atoms with Gasteiger partial charge in [0.25, 0.3) is 0 Å². The molecule has 1 aliphatic rings. The zero-order valence-corrected chi connectivity index (χ0v) is 18.0. The number of esters is 2. The van der Waals surface area contributed by atoms with Crippen LogP contribution < -0.4 is 8.92 Å². The summed E-state index contributed by atoms with van der Waals surface area (Å²) >= 11 is -2.44. The summed E-state index contributed by atoms with van der Waals surface area (Å²) < 4.78 is 17.5. The van der Waals surface area contributed by atoms with Crippen molar-refractivity contribution in [3.63, 3.8) is 0 Å². The number of ketones is 1. The summed E-state index contributed by atoms with van der Waals surface area (Å²) in [5, 5.41) is 0. The Bertz CT molecular complexity index is 929. The fraction of sp³-hybridized carbons (Fsp3) is 0.273. The van der Waals surface area contributed by atoms with Gasteiger partial charge in [0.15, 0.2) is 0 Å². The van der Waals surface area contributed by atoms with Crippen molar-refractivity contribution in [3.8, 4) is 0 Å². The summed E-state index contributed by atoms with van der Waals surface area (Å²) in [6, 6.07) is 15.1. The number of carbonyl (C=O) groups is 3. The van der Waals surface area contributed by atoms with Crippen molar-refractivity contribution >= 4 is 44.5 Å². The van der Waals surface area contributed by atoms with Crippen LogP contribution in [0.15, 0.2) is 48.5 Å². The van der Waals surface area contributed by atoms with Gasteiger partial charge in [-0.05, 0) is 0 Å². The predicted octanol–water partition coefficient (Wildman–Crippen LogP) is 0.775. The van der Waals surface area contributed by atoms with Gasteiger partial charge in [0.2, 0.25) is 0 Å². The molecule has 152 valence electrons. The summed E-state index contributed by atoms with van der Waals surface area (Å²) in [6.45, 7) is 4.14. The second-order valence-corrected chi connectivity index (χ2v) is 10.1. The van der Waals surface area contributed by atoms with Gasteiger partial charge in [-0.15, -0.1) is 0 Å². The van der Waals surface area contributed by atoms with Crippen molar-refractivity contribution in [2.24, 2.45) is 0 Å². The van der Waals surface area contributed by atoms with E-state index in [1.807, 2.05) is 48.5 Å². The standard InChI is InChI=1S/C22H22O6Se/c1-3-27-21(24)19(23)20(22(25)28-4-2)29-17-11-7-5-9-15(17)13-26-14-16-10-6-8-12-18(16)29/h5-12H,3-4,13-14H2,1-2H3. The molecule has 0 unspecified atom stereocenters. The monoisotopic (exact) mass is 462 g/mol. The van der Waals surface area contributed by atoms with Crippen LogP contribution in [0.4, 0.5) is 0 Å². The fourth-order valence-electron chi connectivity index (χ4n) is 3.01. The van der Waals surface area contributed by atoms with Crippen LogP contribution in [0, 0.1) is 0 Å². The Labute approximate surface area is 173 Å². The summed E-state index contributed by atoms with van der Waals surface area (Å²) in [5.41, 5.74) is 1.79. The first-order valence-electron chi connectivity index (χ1n) is 9.31. The average molecular weight is 461 g/mol. The van der Waals surface area contributed by atoms with Crippen LogP contribution in [0.2, 0.25) is 0 Å².